The lowest BCUT2D eigenvalue weighted by Crippen LogP contribution is -2.45. The summed E-state index contributed by atoms with van der Waals surface area (Å²) in [5, 5.41) is 0.746. The molecule has 0 saturated carbocycles. The van der Waals surface area contributed by atoms with Crippen molar-refractivity contribution in [2.75, 3.05) is 0 Å². The van der Waals surface area contributed by atoms with Crippen molar-refractivity contribution in [3.63, 3.8) is 0 Å². The van der Waals surface area contributed by atoms with Crippen molar-refractivity contribution in [1.29, 1.82) is 0 Å². The van der Waals surface area contributed by atoms with Crippen molar-refractivity contribution in [3.05, 3.63) is 89.4 Å². The molecule has 0 N–H and O–H groups in total. The summed E-state index contributed by atoms with van der Waals surface area (Å²) in [6.07, 6.45) is 0.377. The van der Waals surface area contributed by atoms with Gasteiger partial charge in [-0.15, -0.1) is 0 Å². The van der Waals surface area contributed by atoms with Gasteiger partial charge in [0.25, 0.3) is 11.5 Å². The first kappa shape index (κ1) is 21.4. The monoisotopic (exact) mass is 525 g/mol. The summed E-state index contributed by atoms with van der Waals surface area (Å²) < 4.78 is 2.28. The second kappa shape index (κ2) is 8.35. The molecule has 0 bridgehead atoms. The fraction of sp³-hybridized carbons (Fsp3) is 0.190. The number of benzene rings is 2. The maximum atomic E-state index is 13.2. The molecule has 4 rings (SSSR count). The number of fused-ring (bicyclic) bond motifs is 1. The topological polar surface area (TPSA) is 55.2 Å². The van der Waals surface area contributed by atoms with Crippen LogP contribution in [0.25, 0.3) is 5.69 Å². The molecule has 0 unspecified atom stereocenters. The zero-order chi connectivity index (χ0) is 21.6. The van der Waals surface area contributed by atoms with Gasteiger partial charge in [0.05, 0.1) is 28.0 Å². The summed E-state index contributed by atoms with van der Waals surface area (Å²) >= 11 is 21.8. The summed E-state index contributed by atoms with van der Waals surface area (Å²) in [5.74, 6) is -0.207. The van der Waals surface area contributed by atoms with Crippen LogP contribution in [0.5, 0.6) is 0 Å². The zero-order valence-electron chi connectivity index (χ0n) is 15.7. The summed E-state index contributed by atoms with van der Waals surface area (Å²) in [5.41, 5.74) is 1.90. The highest BCUT2D eigenvalue weighted by Gasteiger charge is 2.31. The number of carbonyl (C=O) groups excluding carboxylic acids is 1. The van der Waals surface area contributed by atoms with Gasteiger partial charge in [-0.3, -0.25) is 14.2 Å². The SMILES string of the molecule is C[C@@H]1Cc2c(nc(Cl)n(-c3ccc(Br)cc3)c2=O)CN1C(=O)c1ccc(Cl)c(Cl)c1. The quantitative estimate of drug-likeness (QED) is 0.411. The van der Waals surface area contributed by atoms with Crippen molar-refractivity contribution in [1.82, 2.24) is 14.5 Å². The molecule has 1 aromatic heterocycles. The van der Waals surface area contributed by atoms with E-state index in [1.54, 1.807) is 35.2 Å². The van der Waals surface area contributed by atoms with Gasteiger partial charge in [-0.2, -0.15) is 0 Å². The van der Waals surface area contributed by atoms with Crippen LogP contribution in [-0.2, 0) is 13.0 Å². The fourth-order valence-corrected chi connectivity index (χ4v) is 4.35. The van der Waals surface area contributed by atoms with Gasteiger partial charge in [-0.25, -0.2) is 4.98 Å². The molecule has 5 nitrogen and oxygen atoms in total. The van der Waals surface area contributed by atoms with E-state index in [-0.39, 0.29) is 29.3 Å². The number of rotatable bonds is 2. The predicted molar refractivity (Wildman–Crippen MR) is 122 cm³/mol. The minimum Gasteiger partial charge on any atom is -0.330 e. The average molecular weight is 528 g/mol. The molecule has 1 aliphatic rings. The Morgan fingerprint density at radius 3 is 2.47 bits per heavy atom. The third-order valence-electron chi connectivity index (χ3n) is 5.09. The molecular formula is C21H15BrCl3N3O2. The second-order valence-corrected chi connectivity index (χ2v) is 9.11. The lowest BCUT2D eigenvalue weighted by molar-refractivity contribution is 0.0653. The van der Waals surface area contributed by atoms with Crippen LogP contribution in [0.4, 0.5) is 0 Å². The fourth-order valence-electron chi connectivity index (χ4n) is 3.51. The Morgan fingerprint density at radius 1 is 1.10 bits per heavy atom. The normalized spacial score (nSPS) is 15.8. The number of halogens is 4. The highest BCUT2D eigenvalue weighted by Crippen LogP contribution is 2.27. The molecule has 9 heteroatoms. The number of hydrogen-bond acceptors (Lipinski definition) is 3. The summed E-state index contributed by atoms with van der Waals surface area (Å²) in [7, 11) is 0. The Labute approximate surface area is 196 Å². The number of hydrogen-bond donors (Lipinski definition) is 0. The molecule has 0 spiro atoms. The van der Waals surface area contributed by atoms with Crippen molar-refractivity contribution in [2.45, 2.75) is 25.9 Å². The highest BCUT2D eigenvalue weighted by atomic mass is 79.9. The zero-order valence-corrected chi connectivity index (χ0v) is 19.6. The van der Waals surface area contributed by atoms with E-state index in [9.17, 15) is 9.59 Å². The molecule has 1 atom stereocenters. The Morgan fingerprint density at radius 2 is 1.80 bits per heavy atom. The van der Waals surface area contributed by atoms with Gasteiger partial charge < -0.3 is 4.90 Å². The highest BCUT2D eigenvalue weighted by molar-refractivity contribution is 9.10. The summed E-state index contributed by atoms with van der Waals surface area (Å²) in [6.45, 7) is 2.09. The van der Waals surface area contributed by atoms with Gasteiger partial charge in [-0.05, 0) is 67.4 Å². The van der Waals surface area contributed by atoms with E-state index in [4.69, 9.17) is 34.8 Å². The van der Waals surface area contributed by atoms with Crippen LogP contribution in [-0.4, -0.2) is 26.4 Å². The van der Waals surface area contributed by atoms with Gasteiger partial charge in [0.15, 0.2) is 0 Å². The molecule has 30 heavy (non-hydrogen) atoms. The van der Waals surface area contributed by atoms with Crippen LogP contribution in [0.3, 0.4) is 0 Å². The molecule has 1 aliphatic heterocycles. The van der Waals surface area contributed by atoms with E-state index >= 15 is 0 Å². The maximum Gasteiger partial charge on any atom is 0.262 e. The first-order valence-corrected chi connectivity index (χ1v) is 11.0. The molecule has 154 valence electrons. The number of carbonyl (C=O) groups is 1. The van der Waals surface area contributed by atoms with Crippen LogP contribution >= 0.6 is 50.7 Å². The summed E-state index contributed by atoms with van der Waals surface area (Å²) in [6, 6.07) is 11.8. The minimum absolute atomic E-state index is 0.0533. The number of amides is 1. The van der Waals surface area contributed by atoms with Gasteiger partial charge in [0, 0.05) is 21.6 Å². The third kappa shape index (κ3) is 3.89. The van der Waals surface area contributed by atoms with E-state index in [1.807, 2.05) is 19.1 Å². The first-order valence-electron chi connectivity index (χ1n) is 9.08. The molecule has 0 fully saturated rings. The Hall–Kier alpha value is -1.86. The van der Waals surface area contributed by atoms with Crippen LogP contribution in [0.2, 0.25) is 15.3 Å². The van der Waals surface area contributed by atoms with Crippen LogP contribution < -0.4 is 5.56 Å². The first-order chi connectivity index (χ1) is 14.3. The molecule has 2 heterocycles. The minimum atomic E-state index is -0.221. The van der Waals surface area contributed by atoms with Crippen molar-refractivity contribution >= 4 is 56.6 Å². The van der Waals surface area contributed by atoms with Gasteiger partial charge in [0.1, 0.15) is 0 Å². The Kier molecular flexibility index (Phi) is 5.95. The Balaban J connectivity index is 1.71. The molecule has 0 saturated heterocycles. The van der Waals surface area contributed by atoms with Crippen molar-refractivity contribution in [3.8, 4) is 5.69 Å². The van der Waals surface area contributed by atoms with Gasteiger partial charge in [0.2, 0.25) is 5.28 Å². The second-order valence-electron chi connectivity index (χ2n) is 7.04. The molecule has 0 aliphatic carbocycles. The van der Waals surface area contributed by atoms with Gasteiger partial charge in [-0.1, -0.05) is 39.1 Å². The third-order valence-corrected chi connectivity index (χ3v) is 6.61. The average Bonchev–Trinajstić information content (AvgIpc) is 2.71. The van der Waals surface area contributed by atoms with E-state index in [2.05, 4.69) is 20.9 Å². The Bertz CT molecular complexity index is 1210. The van der Waals surface area contributed by atoms with E-state index < -0.39 is 0 Å². The molecule has 2 aromatic carbocycles. The lowest BCUT2D eigenvalue weighted by atomic mass is 9.98. The van der Waals surface area contributed by atoms with Crippen molar-refractivity contribution in [2.24, 2.45) is 0 Å². The lowest BCUT2D eigenvalue weighted by Gasteiger charge is -2.34. The number of aromatic nitrogens is 2. The maximum absolute atomic E-state index is 13.2. The molecule has 3 aromatic rings. The molecule has 0 radical (unpaired) electrons. The molecule has 1 amide bonds. The number of nitrogens with zero attached hydrogens (tertiary/aromatic N) is 3. The summed E-state index contributed by atoms with van der Waals surface area (Å²) in [4.78, 5) is 32.3. The van der Waals surface area contributed by atoms with Crippen LogP contribution in [0.1, 0.15) is 28.5 Å². The van der Waals surface area contributed by atoms with Gasteiger partial charge >= 0.3 is 0 Å². The largest absolute Gasteiger partial charge is 0.330 e. The smallest absolute Gasteiger partial charge is 0.262 e. The van der Waals surface area contributed by atoms with Crippen LogP contribution in [0.15, 0.2) is 51.7 Å². The van der Waals surface area contributed by atoms with E-state index in [0.29, 0.717) is 39.0 Å². The van der Waals surface area contributed by atoms with E-state index in [0.717, 1.165) is 4.47 Å². The predicted octanol–water partition coefficient (Wildman–Crippen LogP) is 5.54. The van der Waals surface area contributed by atoms with Crippen LogP contribution in [0, 0.1) is 0 Å². The standard InChI is InChI=1S/C21H15BrCl3N3O2/c1-11-8-15-18(10-27(11)19(29)12-2-7-16(23)17(24)9-12)26-21(25)28(20(15)30)14-5-3-13(22)4-6-14/h2-7,9,11H,8,10H2,1H3/t11-/m1/s1. The van der Waals surface area contributed by atoms with Crippen molar-refractivity contribution < 1.29 is 4.79 Å². The molecular weight excluding hydrogens is 513 g/mol. The van der Waals surface area contributed by atoms with E-state index in [1.165, 1.54) is 4.57 Å².